The molecule has 0 bridgehead atoms. The third kappa shape index (κ3) is 3.17. The van der Waals surface area contributed by atoms with Crippen LogP contribution in [0.25, 0.3) is 0 Å². The molecule has 0 radical (unpaired) electrons. The fraction of sp³-hybridized carbons (Fsp3) is 0.188. The average Bonchev–Trinajstić information content (AvgIpc) is 3.30. The largest absolute Gasteiger partial charge is 0.323 e. The van der Waals surface area contributed by atoms with Gasteiger partial charge < -0.3 is 5.32 Å². The Morgan fingerprint density at radius 3 is 2.74 bits per heavy atom. The van der Waals surface area contributed by atoms with Crippen LogP contribution in [0, 0.1) is 21.8 Å². The van der Waals surface area contributed by atoms with Crippen molar-refractivity contribution in [3.8, 4) is 0 Å². The van der Waals surface area contributed by atoms with Crippen LogP contribution in [0.3, 0.4) is 0 Å². The number of nitrogens with zero attached hydrogens (tertiary/aromatic N) is 1. The zero-order valence-corrected chi connectivity index (χ0v) is 12.6. The van der Waals surface area contributed by atoms with Crippen molar-refractivity contribution in [2.45, 2.75) is 12.3 Å². The van der Waals surface area contributed by atoms with E-state index in [2.05, 4.69) is 5.32 Å². The SMILES string of the molecule is O=C(Nc1cc([N+](=O)[O-])ccc1F)C1CC1c1ccccc1Cl. The lowest BCUT2D eigenvalue weighted by Gasteiger charge is -2.07. The standard InChI is InChI=1S/C16H12ClFN2O3/c17-13-4-2-1-3-10(13)11-8-12(11)16(21)19-15-7-9(20(22)23)5-6-14(15)18/h1-7,11-12H,8H2,(H,19,21). The Bertz CT molecular complexity index is 797. The number of hydrogen-bond acceptors (Lipinski definition) is 3. The first-order valence-electron chi connectivity index (χ1n) is 6.96. The number of carbonyl (C=O) groups excluding carboxylic acids is 1. The molecule has 23 heavy (non-hydrogen) atoms. The minimum atomic E-state index is -0.709. The van der Waals surface area contributed by atoms with Gasteiger partial charge in [-0.1, -0.05) is 29.8 Å². The van der Waals surface area contributed by atoms with Crippen molar-refractivity contribution in [2.24, 2.45) is 5.92 Å². The number of nitro benzene ring substituents is 1. The number of nitro groups is 1. The lowest BCUT2D eigenvalue weighted by molar-refractivity contribution is -0.384. The fourth-order valence-corrected chi connectivity index (χ4v) is 2.83. The van der Waals surface area contributed by atoms with Gasteiger partial charge >= 0.3 is 0 Å². The highest BCUT2D eigenvalue weighted by Crippen LogP contribution is 2.50. The van der Waals surface area contributed by atoms with Crippen LogP contribution in [0.15, 0.2) is 42.5 Å². The summed E-state index contributed by atoms with van der Waals surface area (Å²) in [6, 6.07) is 10.3. The summed E-state index contributed by atoms with van der Waals surface area (Å²) in [4.78, 5) is 22.3. The van der Waals surface area contributed by atoms with Gasteiger partial charge in [0.1, 0.15) is 5.82 Å². The summed E-state index contributed by atoms with van der Waals surface area (Å²) in [6.07, 6.45) is 0.617. The predicted molar refractivity (Wildman–Crippen MR) is 84.0 cm³/mol. The van der Waals surface area contributed by atoms with E-state index in [1.54, 1.807) is 6.07 Å². The third-order valence-electron chi connectivity index (χ3n) is 3.85. The maximum atomic E-state index is 13.7. The normalized spacial score (nSPS) is 19.2. The molecule has 2 aromatic carbocycles. The molecule has 1 aliphatic carbocycles. The first-order chi connectivity index (χ1) is 11.0. The highest BCUT2D eigenvalue weighted by molar-refractivity contribution is 6.31. The number of benzene rings is 2. The highest BCUT2D eigenvalue weighted by atomic mass is 35.5. The van der Waals surface area contributed by atoms with Crippen molar-refractivity contribution < 1.29 is 14.1 Å². The van der Waals surface area contributed by atoms with Crippen molar-refractivity contribution in [1.29, 1.82) is 0 Å². The maximum Gasteiger partial charge on any atom is 0.271 e. The van der Waals surface area contributed by atoms with E-state index in [1.165, 1.54) is 0 Å². The lowest BCUT2D eigenvalue weighted by Crippen LogP contribution is -2.15. The van der Waals surface area contributed by atoms with Gasteiger partial charge in [0.25, 0.3) is 5.69 Å². The molecule has 2 unspecified atom stereocenters. The van der Waals surface area contributed by atoms with E-state index in [4.69, 9.17) is 11.6 Å². The minimum absolute atomic E-state index is 0.00883. The van der Waals surface area contributed by atoms with Crippen LogP contribution in [0.2, 0.25) is 5.02 Å². The van der Waals surface area contributed by atoms with Crippen molar-refractivity contribution in [1.82, 2.24) is 0 Å². The van der Waals surface area contributed by atoms with E-state index >= 15 is 0 Å². The number of amides is 1. The number of carbonyl (C=O) groups is 1. The average molecular weight is 335 g/mol. The molecule has 2 aromatic rings. The number of rotatable bonds is 4. The molecule has 0 aliphatic heterocycles. The van der Waals surface area contributed by atoms with E-state index in [1.807, 2.05) is 18.2 Å². The molecule has 5 nitrogen and oxygen atoms in total. The lowest BCUT2D eigenvalue weighted by atomic mass is 10.1. The summed E-state index contributed by atoms with van der Waals surface area (Å²) >= 11 is 6.10. The van der Waals surface area contributed by atoms with E-state index < -0.39 is 10.7 Å². The second kappa shape index (κ2) is 5.96. The molecule has 1 saturated carbocycles. The summed E-state index contributed by atoms with van der Waals surface area (Å²) in [5, 5.41) is 13.7. The number of hydrogen-bond donors (Lipinski definition) is 1. The number of nitrogens with one attached hydrogen (secondary N) is 1. The molecule has 1 N–H and O–H groups in total. The molecule has 0 spiro atoms. The van der Waals surface area contributed by atoms with Crippen molar-refractivity contribution in [2.75, 3.05) is 5.32 Å². The summed E-state index contributed by atoms with van der Waals surface area (Å²) < 4.78 is 13.7. The zero-order valence-electron chi connectivity index (χ0n) is 11.8. The van der Waals surface area contributed by atoms with Crippen molar-refractivity contribution in [3.05, 3.63) is 69.0 Å². The number of halogens is 2. The second-order valence-corrected chi connectivity index (χ2v) is 5.79. The van der Waals surface area contributed by atoms with Crippen LogP contribution in [0.4, 0.5) is 15.8 Å². The van der Waals surface area contributed by atoms with Crippen LogP contribution >= 0.6 is 11.6 Å². The summed E-state index contributed by atoms with van der Waals surface area (Å²) in [5.41, 5.74) is 0.419. The summed E-state index contributed by atoms with van der Waals surface area (Å²) in [6.45, 7) is 0. The molecule has 0 saturated heterocycles. The Balaban J connectivity index is 1.73. The molecule has 0 aromatic heterocycles. The third-order valence-corrected chi connectivity index (χ3v) is 4.19. The Hall–Kier alpha value is -2.47. The predicted octanol–water partition coefficient (Wildman–Crippen LogP) is 4.13. The molecule has 1 aliphatic rings. The first kappa shape index (κ1) is 15.4. The molecular formula is C16H12ClFN2O3. The van der Waals surface area contributed by atoms with Crippen molar-refractivity contribution >= 4 is 28.9 Å². The van der Waals surface area contributed by atoms with Gasteiger partial charge in [-0.15, -0.1) is 0 Å². The van der Waals surface area contributed by atoms with Gasteiger partial charge in [0.2, 0.25) is 5.91 Å². The quantitative estimate of drug-likeness (QED) is 0.675. The number of anilines is 1. The molecule has 7 heteroatoms. The Morgan fingerprint density at radius 1 is 1.30 bits per heavy atom. The van der Waals surface area contributed by atoms with E-state index in [0.717, 1.165) is 23.8 Å². The zero-order chi connectivity index (χ0) is 16.6. The van der Waals surface area contributed by atoms with Gasteiger partial charge in [-0.25, -0.2) is 4.39 Å². The van der Waals surface area contributed by atoms with Gasteiger partial charge in [0.15, 0.2) is 0 Å². The van der Waals surface area contributed by atoms with E-state index in [0.29, 0.717) is 11.4 Å². The molecule has 1 fully saturated rings. The van der Waals surface area contributed by atoms with Crippen molar-refractivity contribution in [3.63, 3.8) is 0 Å². The topological polar surface area (TPSA) is 72.2 Å². The molecule has 2 atom stereocenters. The molecule has 3 rings (SSSR count). The Labute approximate surface area is 136 Å². The summed E-state index contributed by atoms with van der Waals surface area (Å²) in [5.74, 6) is -1.40. The van der Waals surface area contributed by atoms with Crippen LogP contribution in [-0.2, 0) is 4.79 Å². The van der Waals surface area contributed by atoms with Crippen LogP contribution in [0.1, 0.15) is 17.9 Å². The summed E-state index contributed by atoms with van der Waals surface area (Å²) in [7, 11) is 0. The molecule has 1 amide bonds. The van der Waals surface area contributed by atoms with E-state index in [-0.39, 0.29) is 29.1 Å². The minimum Gasteiger partial charge on any atom is -0.323 e. The first-order valence-corrected chi connectivity index (χ1v) is 7.34. The van der Waals surface area contributed by atoms with Crippen LogP contribution < -0.4 is 5.32 Å². The van der Waals surface area contributed by atoms with Gasteiger partial charge in [-0.3, -0.25) is 14.9 Å². The molecule has 0 heterocycles. The Morgan fingerprint density at radius 2 is 2.04 bits per heavy atom. The van der Waals surface area contributed by atoms with Crippen LogP contribution in [-0.4, -0.2) is 10.8 Å². The second-order valence-electron chi connectivity index (χ2n) is 5.38. The maximum absolute atomic E-state index is 13.7. The van der Waals surface area contributed by atoms with Crippen LogP contribution in [0.5, 0.6) is 0 Å². The highest BCUT2D eigenvalue weighted by Gasteiger charge is 2.45. The fourth-order valence-electron chi connectivity index (χ4n) is 2.55. The van der Waals surface area contributed by atoms with Gasteiger partial charge in [0, 0.05) is 23.1 Å². The number of non-ortho nitro benzene ring substituents is 1. The smallest absolute Gasteiger partial charge is 0.271 e. The van der Waals surface area contributed by atoms with E-state index in [9.17, 15) is 19.3 Å². The van der Waals surface area contributed by atoms with Gasteiger partial charge in [-0.2, -0.15) is 0 Å². The molecular weight excluding hydrogens is 323 g/mol. The molecule has 118 valence electrons. The Kier molecular flexibility index (Phi) is 4.00. The van der Waals surface area contributed by atoms with Gasteiger partial charge in [-0.05, 0) is 30.0 Å². The monoisotopic (exact) mass is 334 g/mol. The van der Waals surface area contributed by atoms with Gasteiger partial charge in [0.05, 0.1) is 10.6 Å².